The Morgan fingerprint density at radius 3 is 2.32 bits per heavy atom. The third kappa shape index (κ3) is 1.64. The van der Waals surface area contributed by atoms with Gasteiger partial charge < -0.3 is 23.8 Å². The van der Waals surface area contributed by atoms with Crippen molar-refractivity contribution in [3.05, 3.63) is 29.7 Å². The molecule has 0 aliphatic heterocycles. The number of anilines is 1. The molecule has 22 heavy (non-hydrogen) atoms. The van der Waals surface area contributed by atoms with Gasteiger partial charge in [-0.3, -0.25) is 0 Å². The third-order valence-electron chi connectivity index (χ3n) is 3.65. The molecule has 0 radical (unpaired) electrons. The summed E-state index contributed by atoms with van der Waals surface area (Å²) >= 11 is 0. The molecule has 0 saturated carbocycles. The van der Waals surface area contributed by atoms with Gasteiger partial charge in [-0.05, 0) is 26.0 Å². The van der Waals surface area contributed by atoms with E-state index in [1.165, 1.54) is 0 Å². The van der Waals surface area contributed by atoms with Gasteiger partial charge >= 0.3 is 0 Å². The van der Waals surface area contributed by atoms with Crippen molar-refractivity contribution in [3.63, 3.8) is 0 Å². The molecule has 1 aromatic carbocycles. The second-order valence-electron chi connectivity index (χ2n) is 5.22. The number of nitrogens with zero attached hydrogens (tertiary/aromatic N) is 1. The normalized spacial score (nSPS) is 11.6. The first-order chi connectivity index (χ1) is 10.6. The number of benzene rings is 1. The number of fused-ring (bicyclic) bond motifs is 2. The Kier molecular flexibility index (Phi) is 2.51. The van der Waals surface area contributed by atoms with E-state index in [0.29, 0.717) is 22.6 Å². The summed E-state index contributed by atoms with van der Waals surface area (Å²) in [5.41, 5.74) is 8.39. The van der Waals surface area contributed by atoms with Crippen LogP contribution in [0.3, 0.4) is 0 Å². The van der Waals surface area contributed by atoms with Crippen LogP contribution >= 0.6 is 0 Å². The highest BCUT2D eigenvalue weighted by Gasteiger charge is 2.24. The maximum Gasteiger partial charge on any atom is 0.222 e. The van der Waals surface area contributed by atoms with Crippen LogP contribution in [-0.2, 0) is 0 Å². The number of methoxy groups -OCH3 is 1. The van der Waals surface area contributed by atoms with E-state index in [4.69, 9.17) is 23.8 Å². The first-order valence-corrected chi connectivity index (χ1v) is 6.81. The standard InChI is InChI=1S/C16H14N2O4/c1-7-4-9-13(11-6-12(17)22-18-11)14-10(5-8(2)20-14)15(19-3)16(9)21-7/h4-6H,17H2,1-3H3. The molecule has 0 saturated heterocycles. The highest BCUT2D eigenvalue weighted by molar-refractivity contribution is 6.13. The lowest BCUT2D eigenvalue weighted by molar-refractivity contribution is 0.413. The van der Waals surface area contributed by atoms with E-state index in [9.17, 15) is 0 Å². The number of aryl methyl sites for hydroxylation is 2. The zero-order chi connectivity index (χ0) is 15.4. The van der Waals surface area contributed by atoms with E-state index in [-0.39, 0.29) is 5.88 Å². The van der Waals surface area contributed by atoms with Crippen molar-refractivity contribution in [1.29, 1.82) is 0 Å². The largest absolute Gasteiger partial charge is 0.492 e. The zero-order valence-corrected chi connectivity index (χ0v) is 12.4. The van der Waals surface area contributed by atoms with Gasteiger partial charge in [-0.1, -0.05) is 5.16 Å². The third-order valence-corrected chi connectivity index (χ3v) is 3.65. The Labute approximate surface area is 125 Å². The number of nitrogens with two attached hydrogens (primary N) is 1. The average Bonchev–Trinajstić information content (AvgIpc) is 3.14. The van der Waals surface area contributed by atoms with E-state index in [0.717, 1.165) is 27.9 Å². The number of nitrogen functional groups attached to an aromatic ring is 1. The van der Waals surface area contributed by atoms with Crippen LogP contribution in [0.1, 0.15) is 11.5 Å². The Bertz CT molecular complexity index is 949. The number of hydrogen-bond acceptors (Lipinski definition) is 6. The summed E-state index contributed by atoms with van der Waals surface area (Å²) in [6.45, 7) is 3.76. The maximum absolute atomic E-state index is 5.88. The molecule has 4 rings (SSSR count). The van der Waals surface area contributed by atoms with Gasteiger partial charge in [-0.25, -0.2) is 0 Å². The van der Waals surface area contributed by atoms with Crippen LogP contribution in [-0.4, -0.2) is 12.3 Å². The highest BCUT2D eigenvalue weighted by atomic mass is 16.5. The molecule has 3 heterocycles. The number of aromatic nitrogens is 1. The van der Waals surface area contributed by atoms with Crippen molar-refractivity contribution in [2.75, 3.05) is 12.8 Å². The Balaban J connectivity index is 2.24. The summed E-state index contributed by atoms with van der Waals surface area (Å²) < 4.78 is 22.3. The molecule has 0 fully saturated rings. The fraction of sp³-hybridized carbons (Fsp3) is 0.188. The Morgan fingerprint density at radius 2 is 1.68 bits per heavy atom. The molecule has 3 aromatic heterocycles. The van der Waals surface area contributed by atoms with Crippen molar-refractivity contribution in [2.24, 2.45) is 0 Å². The molecule has 112 valence electrons. The predicted octanol–water partition coefficient (Wildman–Crippen LogP) is 4.04. The topological polar surface area (TPSA) is 87.6 Å². The fourth-order valence-corrected chi connectivity index (χ4v) is 2.85. The summed E-state index contributed by atoms with van der Waals surface area (Å²) in [6.07, 6.45) is 0. The zero-order valence-electron chi connectivity index (χ0n) is 12.4. The smallest absolute Gasteiger partial charge is 0.222 e. The minimum absolute atomic E-state index is 0.246. The van der Waals surface area contributed by atoms with Gasteiger partial charge in [-0.2, -0.15) is 0 Å². The minimum Gasteiger partial charge on any atom is -0.492 e. The van der Waals surface area contributed by atoms with E-state index in [1.807, 2.05) is 26.0 Å². The van der Waals surface area contributed by atoms with Crippen LogP contribution in [0.5, 0.6) is 5.75 Å². The molecular formula is C16H14N2O4. The lowest BCUT2D eigenvalue weighted by atomic mass is 10.0. The van der Waals surface area contributed by atoms with Crippen molar-refractivity contribution in [1.82, 2.24) is 5.16 Å². The molecule has 0 atom stereocenters. The second kappa shape index (κ2) is 4.30. The molecule has 4 aromatic rings. The molecule has 0 amide bonds. The maximum atomic E-state index is 5.88. The molecule has 2 N–H and O–H groups in total. The Hall–Kier alpha value is -2.89. The molecule has 0 unspecified atom stereocenters. The minimum atomic E-state index is 0.246. The number of furan rings is 2. The van der Waals surface area contributed by atoms with Crippen LogP contribution in [0.15, 0.2) is 31.6 Å². The quantitative estimate of drug-likeness (QED) is 0.601. The van der Waals surface area contributed by atoms with Gasteiger partial charge in [0.15, 0.2) is 11.3 Å². The van der Waals surface area contributed by atoms with Crippen LogP contribution in [0.4, 0.5) is 5.88 Å². The van der Waals surface area contributed by atoms with Gasteiger partial charge in [0.25, 0.3) is 0 Å². The van der Waals surface area contributed by atoms with Crippen molar-refractivity contribution in [2.45, 2.75) is 13.8 Å². The molecule has 0 aliphatic carbocycles. The van der Waals surface area contributed by atoms with Crippen molar-refractivity contribution in [3.8, 4) is 17.0 Å². The highest BCUT2D eigenvalue weighted by Crippen LogP contribution is 2.45. The first-order valence-electron chi connectivity index (χ1n) is 6.81. The number of hydrogen-bond donors (Lipinski definition) is 1. The Morgan fingerprint density at radius 1 is 1.00 bits per heavy atom. The van der Waals surface area contributed by atoms with Gasteiger partial charge in [0.1, 0.15) is 22.8 Å². The van der Waals surface area contributed by atoms with E-state index in [2.05, 4.69) is 5.16 Å². The van der Waals surface area contributed by atoms with E-state index >= 15 is 0 Å². The summed E-state index contributed by atoms with van der Waals surface area (Å²) in [6, 6.07) is 5.51. The summed E-state index contributed by atoms with van der Waals surface area (Å²) in [5, 5.41) is 5.70. The van der Waals surface area contributed by atoms with E-state index < -0.39 is 0 Å². The lowest BCUT2D eigenvalue weighted by Gasteiger charge is -2.06. The SMILES string of the molecule is COc1c2cc(C)oc2c(-c2cc(N)on2)c2cc(C)oc12. The molecular weight excluding hydrogens is 284 g/mol. The number of rotatable bonds is 2. The van der Waals surface area contributed by atoms with Gasteiger partial charge in [0.05, 0.1) is 18.1 Å². The first kappa shape index (κ1) is 12.8. The van der Waals surface area contributed by atoms with Gasteiger partial charge in [0.2, 0.25) is 5.88 Å². The molecule has 0 spiro atoms. The summed E-state index contributed by atoms with van der Waals surface area (Å²) in [4.78, 5) is 0. The number of ether oxygens (including phenoxy) is 1. The summed E-state index contributed by atoms with van der Waals surface area (Å²) in [5.74, 6) is 2.44. The molecule has 6 heteroatoms. The monoisotopic (exact) mass is 298 g/mol. The summed E-state index contributed by atoms with van der Waals surface area (Å²) in [7, 11) is 1.61. The lowest BCUT2D eigenvalue weighted by Crippen LogP contribution is -1.87. The van der Waals surface area contributed by atoms with Gasteiger partial charge in [0, 0.05) is 11.5 Å². The average molecular weight is 298 g/mol. The van der Waals surface area contributed by atoms with Crippen molar-refractivity contribution < 1.29 is 18.1 Å². The van der Waals surface area contributed by atoms with Gasteiger partial charge in [-0.15, -0.1) is 0 Å². The van der Waals surface area contributed by atoms with Crippen molar-refractivity contribution >= 4 is 27.8 Å². The van der Waals surface area contributed by atoms with Crippen LogP contribution < -0.4 is 10.5 Å². The fourth-order valence-electron chi connectivity index (χ4n) is 2.85. The molecule has 0 aliphatic rings. The molecule has 0 bridgehead atoms. The predicted molar refractivity (Wildman–Crippen MR) is 81.9 cm³/mol. The molecule has 6 nitrogen and oxygen atoms in total. The van der Waals surface area contributed by atoms with Crippen LogP contribution in [0.25, 0.3) is 33.2 Å². The second-order valence-corrected chi connectivity index (χ2v) is 5.22. The van der Waals surface area contributed by atoms with Crippen LogP contribution in [0, 0.1) is 13.8 Å². The van der Waals surface area contributed by atoms with E-state index in [1.54, 1.807) is 13.2 Å². The van der Waals surface area contributed by atoms with Crippen LogP contribution in [0.2, 0.25) is 0 Å².